The fraction of sp³-hybridized carbons (Fsp3) is 0.367. The van der Waals surface area contributed by atoms with Crippen LogP contribution in [-0.4, -0.2) is 57.2 Å². The molecule has 2 unspecified atom stereocenters. The van der Waals surface area contributed by atoms with Crippen LogP contribution in [-0.2, 0) is 16.1 Å². The number of carbonyl (C=O) groups is 1. The zero-order valence-corrected chi connectivity index (χ0v) is 22.0. The maximum Gasteiger partial charge on any atom is 0.229 e. The van der Waals surface area contributed by atoms with Crippen molar-refractivity contribution in [2.24, 2.45) is 5.92 Å². The molecule has 7 heteroatoms. The summed E-state index contributed by atoms with van der Waals surface area (Å²) >= 11 is 6.73. The first kappa shape index (κ1) is 24.3. The number of nitrogens with zero attached hydrogens (tertiary/aromatic N) is 3. The number of carbonyl (C=O) groups excluding carboxylic acids is 1. The van der Waals surface area contributed by atoms with Gasteiger partial charge in [0.05, 0.1) is 29.3 Å². The largest absolute Gasteiger partial charge is 0.381 e. The van der Waals surface area contributed by atoms with Crippen LogP contribution in [0.15, 0.2) is 66.7 Å². The molecular weight excluding hydrogens is 484 g/mol. The lowest BCUT2D eigenvalue weighted by Gasteiger charge is -2.41. The van der Waals surface area contributed by atoms with Crippen molar-refractivity contribution in [3.8, 4) is 0 Å². The monoisotopic (exact) mass is 516 g/mol. The summed E-state index contributed by atoms with van der Waals surface area (Å²) in [6, 6.07) is 23.8. The fourth-order valence-corrected chi connectivity index (χ4v) is 6.26. The third-order valence-corrected chi connectivity index (χ3v) is 8.24. The minimum Gasteiger partial charge on any atom is -0.381 e. The number of anilines is 3. The van der Waals surface area contributed by atoms with E-state index in [4.69, 9.17) is 16.3 Å². The number of para-hydroxylation sites is 1. The molecule has 0 bridgehead atoms. The van der Waals surface area contributed by atoms with Gasteiger partial charge >= 0.3 is 0 Å². The molecule has 3 heterocycles. The molecule has 0 aromatic heterocycles. The Morgan fingerprint density at radius 3 is 2.46 bits per heavy atom. The lowest BCUT2D eigenvalue weighted by Crippen LogP contribution is -2.48. The van der Waals surface area contributed by atoms with Gasteiger partial charge < -0.3 is 19.9 Å². The summed E-state index contributed by atoms with van der Waals surface area (Å²) in [5.41, 5.74) is 7.21. The van der Waals surface area contributed by atoms with Crippen molar-refractivity contribution in [3.05, 3.63) is 88.4 Å². The van der Waals surface area contributed by atoms with Crippen LogP contribution in [0.5, 0.6) is 0 Å². The molecular formula is C30H33ClN4O2. The van der Waals surface area contributed by atoms with Gasteiger partial charge in [-0.1, -0.05) is 54.1 Å². The molecule has 1 N–H and O–H groups in total. The smallest absolute Gasteiger partial charge is 0.229 e. The number of hydrogen-bond donors (Lipinski definition) is 1. The van der Waals surface area contributed by atoms with E-state index in [-0.39, 0.29) is 17.9 Å². The minimum atomic E-state index is -0.0782. The highest BCUT2D eigenvalue weighted by atomic mass is 35.5. The lowest BCUT2D eigenvalue weighted by molar-refractivity contribution is -0.119. The minimum absolute atomic E-state index is 0.00420. The van der Waals surface area contributed by atoms with Crippen molar-refractivity contribution in [2.75, 3.05) is 61.6 Å². The van der Waals surface area contributed by atoms with Gasteiger partial charge in [0, 0.05) is 57.8 Å². The SMILES string of the molecule is CN1Cc2ccccc2C(N2CCN(c3ccc(NC(=O)C4CCOC4)cc3Cl)CC2)c2ccccc21. The Morgan fingerprint density at radius 2 is 1.70 bits per heavy atom. The van der Waals surface area contributed by atoms with Gasteiger partial charge in [0.1, 0.15) is 0 Å². The first-order valence-electron chi connectivity index (χ1n) is 13.1. The van der Waals surface area contributed by atoms with E-state index in [0.717, 1.165) is 50.5 Å². The highest BCUT2D eigenvalue weighted by Gasteiger charge is 2.32. The summed E-state index contributed by atoms with van der Waals surface area (Å²) < 4.78 is 5.34. The average molecular weight is 517 g/mol. The molecule has 2 saturated heterocycles. The number of piperazine rings is 1. The van der Waals surface area contributed by atoms with Gasteiger partial charge in [-0.15, -0.1) is 0 Å². The van der Waals surface area contributed by atoms with Crippen LogP contribution in [0.25, 0.3) is 0 Å². The Kier molecular flexibility index (Phi) is 6.80. The highest BCUT2D eigenvalue weighted by Crippen LogP contribution is 2.41. The number of nitrogens with one attached hydrogen (secondary N) is 1. The zero-order chi connectivity index (χ0) is 25.4. The highest BCUT2D eigenvalue weighted by molar-refractivity contribution is 6.33. The van der Waals surface area contributed by atoms with E-state index < -0.39 is 0 Å². The van der Waals surface area contributed by atoms with Crippen LogP contribution < -0.4 is 15.1 Å². The second-order valence-electron chi connectivity index (χ2n) is 10.3. The normalized spacial score (nSPS) is 21.8. The summed E-state index contributed by atoms with van der Waals surface area (Å²) in [5.74, 6) is -0.0740. The second kappa shape index (κ2) is 10.4. The Balaban J connectivity index is 1.19. The standard InChI is InChI=1S/C30H33ClN4O2/c1-33-19-21-6-2-3-7-24(21)29(25-8-4-5-9-27(25)33)35-15-13-34(14-16-35)28-11-10-23(18-26(28)31)32-30(36)22-12-17-37-20-22/h2-11,18,22,29H,12-17,19-20H2,1H3,(H,32,36). The van der Waals surface area contributed by atoms with Crippen molar-refractivity contribution in [3.63, 3.8) is 0 Å². The molecule has 1 amide bonds. The number of ether oxygens (including phenoxy) is 1. The van der Waals surface area contributed by atoms with E-state index in [1.165, 1.54) is 22.4 Å². The van der Waals surface area contributed by atoms with Crippen molar-refractivity contribution in [1.29, 1.82) is 0 Å². The van der Waals surface area contributed by atoms with Crippen LogP contribution in [0.2, 0.25) is 5.02 Å². The summed E-state index contributed by atoms with van der Waals surface area (Å²) in [5, 5.41) is 3.67. The first-order valence-corrected chi connectivity index (χ1v) is 13.5. The van der Waals surface area contributed by atoms with Crippen LogP contribution in [0.3, 0.4) is 0 Å². The number of rotatable bonds is 4. The van der Waals surface area contributed by atoms with E-state index in [0.29, 0.717) is 18.2 Å². The van der Waals surface area contributed by atoms with Gasteiger partial charge in [-0.2, -0.15) is 0 Å². The van der Waals surface area contributed by atoms with Gasteiger partial charge in [0.15, 0.2) is 0 Å². The van der Waals surface area contributed by atoms with E-state index in [1.54, 1.807) is 0 Å². The quantitative estimate of drug-likeness (QED) is 0.518. The summed E-state index contributed by atoms with van der Waals surface area (Å²) in [7, 11) is 2.19. The molecule has 3 aromatic carbocycles. The summed E-state index contributed by atoms with van der Waals surface area (Å²) in [4.78, 5) is 19.8. The Morgan fingerprint density at radius 1 is 0.946 bits per heavy atom. The molecule has 2 fully saturated rings. The maximum atomic E-state index is 12.5. The van der Waals surface area contributed by atoms with E-state index >= 15 is 0 Å². The second-order valence-corrected chi connectivity index (χ2v) is 10.7. The predicted octanol–water partition coefficient (Wildman–Crippen LogP) is 5.18. The number of hydrogen-bond acceptors (Lipinski definition) is 5. The van der Waals surface area contributed by atoms with E-state index in [9.17, 15) is 4.79 Å². The number of fused-ring (bicyclic) bond motifs is 2. The molecule has 6 rings (SSSR count). The van der Waals surface area contributed by atoms with Crippen LogP contribution in [0.4, 0.5) is 17.1 Å². The lowest BCUT2D eigenvalue weighted by atomic mass is 9.93. The zero-order valence-electron chi connectivity index (χ0n) is 21.2. The molecule has 0 saturated carbocycles. The molecule has 192 valence electrons. The average Bonchev–Trinajstić information content (AvgIpc) is 3.42. The third-order valence-electron chi connectivity index (χ3n) is 7.94. The molecule has 0 aliphatic carbocycles. The predicted molar refractivity (Wildman–Crippen MR) is 150 cm³/mol. The van der Waals surface area contributed by atoms with Gasteiger partial charge in [-0.05, 0) is 47.4 Å². The summed E-state index contributed by atoms with van der Waals surface area (Å²) in [6.07, 6.45) is 0.772. The molecule has 3 aliphatic rings. The van der Waals surface area contributed by atoms with Crippen molar-refractivity contribution >= 4 is 34.6 Å². The number of halogens is 1. The molecule has 6 nitrogen and oxygen atoms in total. The number of benzene rings is 3. The molecule has 0 spiro atoms. The number of amides is 1. The Labute approximate surface area is 223 Å². The fourth-order valence-electron chi connectivity index (χ4n) is 5.96. The molecule has 0 radical (unpaired) electrons. The summed E-state index contributed by atoms with van der Waals surface area (Å²) in [6.45, 7) is 5.71. The third kappa shape index (κ3) is 4.81. The molecule has 3 aliphatic heterocycles. The van der Waals surface area contributed by atoms with Crippen LogP contribution in [0.1, 0.15) is 29.2 Å². The molecule has 37 heavy (non-hydrogen) atoms. The van der Waals surface area contributed by atoms with Crippen LogP contribution >= 0.6 is 11.6 Å². The van der Waals surface area contributed by atoms with Crippen molar-refractivity contribution in [1.82, 2.24) is 4.90 Å². The Hall–Kier alpha value is -3.06. The van der Waals surface area contributed by atoms with Crippen LogP contribution in [0, 0.1) is 5.92 Å². The van der Waals surface area contributed by atoms with E-state index in [1.807, 2.05) is 18.2 Å². The molecule has 3 aromatic rings. The molecule has 2 atom stereocenters. The first-order chi connectivity index (χ1) is 18.1. The van der Waals surface area contributed by atoms with Crippen molar-refractivity contribution in [2.45, 2.75) is 19.0 Å². The van der Waals surface area contributed by atoms with Gasteiger partial charge in [-0.3, -0.25) is 9.69 Å². The topological polar surface area (TPSA) is 48.0 Å². The Bertz CT molecular complexity index is 1280. The van der Waals surface area contributed by atoms with Gasteiger partial charge in [-0.25, -0.2) is 0 Å². The van der Waals surface area contributed by atoms with Gasteiger partial charge in [0.2, 0.25) is 5.91 Å². The van der Waals surface area contributed by atoms with E-state index in [2.05, 4.69) is 75.6 Å². The van der Waals surface area contributed by atoms with Crippen molar-refractivity contribution < 1.29 is 9.53 Å². The van der Waals surface area contributed by atoms with Gasteiger partial charge in [0.25, 0.3) is 0 Å². The maximum absolute atomic E-state index is 12.5.